The molecule has 3 heterocycles. The van der Waals surface area contributed by atoms with E-state index in [1.165, 1.54) is 30.3 Å². The molecule has 9 nitrogen and oxygen atoms in total. The van der Waals surface area contributed by atoms with Crippen molar-refractivity contribution in [2.75, 3.05) is 13.7 Å². The molecular weight excluding hydrogens is 511 g/mol. The molecule has 2 aromatic heterocycles. The molecule has 14 heteroatoms. The maximum atomic E-state index is 13.7. The van der Waals surface area contributed by atoms with E-state index < -0.39 is 53.8 Å². The molecule has 1 aromatic carbocycles. The van der Waals surface area contributed by atoms with E-state index >= 15 is 0 Å². The smallest absolute Gasteiger partial charge is 0.194 e. The zero-order chi connectivity index (χ0) is 25.3. The monoisotopic (exact) mass is 527 g/mol. The molecule has 1 fully saturated rings. The molecule has 2 N–H and O–H groups in total. The van der Waals surface area contributed by atoms with Crippen LogP contribution in [0.2, 0.25) is 5.02 Å². The number of hydrogen-bond acceptors (Lipinski definition) is 9. The molecule has 1 saturated heterocycles. The highest BCUT2D eigenvalue weighted by molar-refractivity contribution is 7.99. The first kappa shape index (κ1) is 25.4. The molecule has 0 unspecified atom stereocenters. The summed E-state index contributed by atoms with van der Waals surface area (Å²) in [7, 11) is 1.38. The fourth-order valence-electron chi connectivity index (χ4n) is 3.67. The number of aromatic nitrogens is 4. The van der Waals surface area contributed by atoms with Gasteiger partial charge in [0.05, 0.1) is 17.8 Å². The molecule has 1 aliphatic heterocycles. The first-order valence-electron chi connectivity index (χ1n) is 10.0. The van der Waals surface area contributed by atoms with Crippen molar-refractivity contribution in [2.45, 2.75) is 34.7 Å². The van der Waals surface area contributed by atoms with Crippen LogP contribution in [0.4, 0.5) is 13.2 Å². The van der Waals surface area contributed by atoms with Gasteiger partial charge in [0.25, 0.3) is 0 Å². The minimum Gasteiger partial charge on any atom is -0.394 e. The van der Waals surface area contributed by atoms with Gasteiger partial charge in [-0.1, -0.05) is 28.6 Å². The molecule has 1 aliphatic rings. The highest BCUT2D eigenvalue weighted by Gasteiger charge is 2.47. The number of nitriles is 1. The number of halogens is 4. The molecule has 0 amide bonds. The van der Waals surface area contributed by atoms with Crippen molar-refractivity contribution in [1.82, 2.24) is 20.0 Å². The fraction of sp³-hybridized carbons (Fsp3) is 0.333. The van der Waals surface area contributed by atoms with Crippen LogP contribution in [0.5, 0.6) is 0 Å². The van der Waals surface area contributed by atoms with E-state index in [9.17, 15) is 23.4 Å². The average Bonchev–Trinajstić information content (AvgIpc) is 3.32. The minimum absolute atomic E-state index is 0.0178. The topological polar surface area (TPSA) is 126 Å². The van der Waals surface area contributed by atoms with Crippen molar-refractivity contribution in [3.63, 3.8) is 0 Å². The minimum atomic E-state index is -1.61. The van der Waals surface area contributed by atoms with E-state index in [-0.39, 0.29) is 22.0 Å². The summed E-state index contributed by atoms with van der Waals surface area (Å²) < 4.78 is 53.4. The van der Waals surface area contributed by atoms with Gasteiger partial charge in [-0.25, -0.2) is 22.8 Å². The summed E-state index contributed by atoms with van der Waals surface area (Å²) in [4.78, 5) is 4.51. The van der Waals surface area contributed by atoms with Crippen LogP contribution in [-0.2, 0) is 9.47 Å². The van der Waals surface area contributed by atoms with Gasteiger partial charge in [-0.05, 0) is 18.2 Å². The summed E-state index contributed by atoms with van der Waals surface area (Å²) in [6.07, 6.45) is -0.471. The van der Waals surface area contributed by atoms with Crippen molar-refractivity contribution in [3.8, 4) is 17.3 Å². The van der Waals surface area contributed by atoms with Crippen molar-refractivity contribution >= 4 is 23.4 Å². The van der Waals surface area contributed by atoms with Gasteiger partial charge in [0, 0.05) is 23.8 Å². The van der Waals surface area contributed by atoms with Crippen LogP contribution < -0.4 is 0 Å². The molecule has 0 saturated carbocycles. The van der Waals surface area contributed by atoms with Gasteiger partial charge in [0.2, 0.25) is 0 Å². The van der Waals surface area contributed by atoms with Crippen LogP contribution in [0.3, 0.4) is 0 Å². The van der Waals surface area contributed by atoms with Gasteiger partial charge in [0.15, 0.2) is 23.1 Å². The lowest BCUT2D eigenvalue weighted by molar-refractivity contribution is -0.186. The number of ether oxygens (including phenoxy) is 2. The zero-order valence-corrected chi connectivity index (χ0v) is 19.4. The van der Waals surface area contributed by atoms with E-state index in [2.05, 4.69) is 15.3 Å². The highest BCUT2D eigenvalue weighted by Crippen LogP contribution is 2.40. The Morgan fingerprint density at radius 2 is 2.00 bits per heavy atom. The van der Waals surface area contributed by atoms with Gasteiger partial charge < -0.3 is 19.7 Å². The molecule has 184 valence electrons. The second kappa shape index (κ2) is 10.5. The third-order valence-electron chi connectivity index (χ3n) is 5.37. The molecular formula is C21H17ClF3N5O4S. The Bertz CT molecular complexity index is 1250. The summed E-state index contributed by atoms with van der Waals surface area (Å²) in [5.74, 6) is -4.38. The largest absolute Gasteiger partial charge is 0.394 e. The number of aliphatic hydroxyl groups is 2. The van der Waals surface area contributed by atoms with Crippen LogP contribution >= 0.6 is 23.4 Å². The normalized spacial score (nSPS) is 24.3. The summed E-state index contributed by atoms with van der Waals surface area (Å²) >= 11 is 7.20. The first-order valence-corrected chi connectivity index (χ1v) is 11.3. The summed E-state index contributed by atoms with van der Waals surface area (Å²) in [6.45, 7) is -0.534. The van der Waals surface area contributed by atoms with Crippen LogP contribution in [0.25, 0.3) is 11.3 Å². The molecule has 0 radical (unpaired) electrons. The van der Waals surface area contributed by atoms with Crippen LogP contribution in [0.15, 0.2) is 35.5 Å². The number of rotatable bonds is 6. The van der Waals surface area contributed by atoms with E-state index in [0.717, 1.165) is 23.9 Å². The maximum Gasteiger partial charge on any atom is 0.194 e. The van der Waals surface area contributed by atoms with Crippen molar-refractivity contribution < 1.29 is 32.9 Å². The summed E-state index contributed by atoms with van der Waals surface area (Å²) in [5, 5.41) is 37.7. The molecule has 3 aromatic rings. The first-order chi connectivity index (χ1) is 16.8. The number of pyridine rings is 1. The van der Waals surface area contributed by atoms with Gasteiger partial charge in [-0.2, -0.15) is 5.26 Å². The molecule has 0 spiro atoms. The Kier molecular flexibility index (Phi) is 7.60. The number of aliphatic hydroxyl groups excluding tert-OH is 2. The average molecular weight is 528 g/mol. The second-order valence-corrected chi connectivity index (χ2v) is 9.05. The Hall–Kier alpha value is -2.73. The lowest BCUT2D eigenvalue weighted by Crippen LogP contribution is -2.55. The highest BCUT2D eigenvalue weighted by atomic mass is 35.5. The van der Waals surface area contributed by atoms with E-state index in [1.54, 1.807) is 0 Å². The number of methoxy groups -OCH3 is 1. The number of thioether (sulfide) groups is 1. The van der Waals surface area contributed by atoms with Crippen molar-refractivity contribution in [2.24, 2.45) is 0 Å². The number of hydrogen-bond donors (Lipinski definition) is 2. The van der Waals surface area contributed by atoms with Crippen LogP contribution in [-0.4, -0.2) is 67.7 Å². The second-order valence-electron chi connectivity index (χ2n) is 7.48. The molecule has 0 bridgehead atoms. The summed E-state index contributed by atoms with van der Waals surface area (Å²) in [6, 6.07) is 3.99. The number of benzene rings is 1. The molecule has 4 rings (SSSR count). The molecule has 0 aliphatic carbocycles. The van der Waals surface area contributed by atoms with Gasteiger partial charge in [-0.15, -0.1) is 5.10 Å². The van der Waals surface area contributed by atoms with Crippen LogP contribution in [0.1, 0.15) is 11.7 Å². The Morgan fingerprint density at radius 3 is 2.60 bits per heavy atom. The molecule has 5 atom stereocenters. The summed E-state index contributed by atoms with van der Waals surface area (Å²) in [5.41, 5.74) is -0.797. The van der Waals surface area contributed by atoms with Gasteiger partial charge in [-0.3, -0.25) is 0 Å². The Balaban J connectivity index is 1.67. The predicted molar refractivity (Wildman–Crippen MR) is 117 cm³/mol. The zero-order valence-electron chi connectivity index (χ0n) is 17.8. The van der Waals surface area contributed by atoms with Gasteiger partial charge in [0.1, 0.15) is 41.6 Å². The predicted octanol–water partition coefficient (Wildman–Crippen LogP) is 2.71. The lowest BCUT2D eigenvalue weighted by atomic mass is 9.97. The Morgan fingerprint density at radius 1 is 1.29 bits per heavy atom. The SMILES string of the molecule is CO[C@@H]1[C@@H](n2cc(-c3cc(F)c(F)c(F)c3)nn2)[C@@H](O)[C@@H](CO)O[C@@H]1Sc1cnc(C#N)c(Cl)c1. The molecule has 35 heavy (non-hydrogen) atoms. The van der Waals surface area contributed by atoms with E-state index in [4.69, 9.17) is 26.3 Å². The lowest BCUT2D eigenvalue weighted by Gasteiger charge is -2.43. The fourth-order valence-corrected chi connectivity index (χ4v) is 5.11. The van der Waals surface area contributed by atoms with E-state index in [1.807, 2.05) is 6.07 Å². The van der Waals surface area contributed by atoms with Crippen molar-refractivity contribution in [1.29, 1.82) is 5.26 Å². The third kappa shape index (κ3) is 4.99. The maximum absolute atomic E-state index is 13.7. The van der Waals surface area contributed by atoms with Crippen molar-refractivity contribution in [3.05, 3.63) is 58.8 Å². The number of nitrogens with zero attached hydrogens (tertiary/aromatic N) is 5. The van der Waals surface area contributed by atoms with Crippen LogP contribution in [0, 0.1) is 28.8 Å². The van der Waals surface area contributed by atoms with Gasteiger partial charge >= 0.3 is 0 Å². The standard InChI is InChI=1S/C21H17ClF3N5O4S/c1-33-20-18(30-7-15(28-29-30)9-2-12(23)17(25)13(24)3-9)19(32)16(8-31)34-21(20)35-10-4-11(22)14(5-26)27-6-10/h2-4,6-7,16,18-21,31-32H,8H2,1H3/t16-,18+,19+,20-,21-/m1/s1. The quantitative estimate of drug-likeness (QED) is 0.465. The third-order valence-corrected chi connectivity index (χ3v) is 6.76. The van der Waals surface area contributed by atoms with E-state index in [0.29, 0.717) is 4.90 Å². The Labute approximate surface area is 206 Å².